The Balaban J connectivity index is 0. The molecule has 0 aromatic carbocycles. The summed E-state index contributed by atoms with van der Waals surface area (Å²) in [6.07, 6.45) is 0. The minimum atomic E-state index is -0.0950. The number of hydrogen-bond acceptors (Lipinski definition) is 1. The Hall–Kier alpha value is 0.768. The van der Waals surface area contributed by atoms with E-state index >= 15 is 0 Å². The average molecular weight is 305 g/mol. The molecule has 0 atom stereocenters. The summed E-state index contributed by atoms with van der Waals surface area (Å²) < 4.78 is 0. The number of nitrogens with zero attached hydrogens (tertiary/aromatic N) is 1. The molecule has 0 saturated heterocycles. The second kappa shape index (κ2) is 7.11. The molecular weight excluding hydrogens is 290 g/mol. The molecule has 0 aliphatic heterocycles. The van der Waals surface area contributed by atoms with Crippen LogP contribution >= 0.6 is 0 Å². The van der Waals surface area contributed by atoms with E-state index in [2.05, 4.69) is 32.7 Å². The number of aromatic nitrogens is 1. The van der Waals surface area contributed by atoms with E-state index in [1.165, 1.54) is 0 Å². The van der Waals surface area contributed by atoms with Gasteiger partial charge in [-0.1, -0.05) is 33.6 Å². The van der Waals surface area contributed by atoms with Crippen LogP contribution in [0.15, 0.2) is 10.9 Å². The first-order valence-electron chi connectivity index (χ1n) is 4.37. The van der Waals surface area contributed by atoms with Crippen LogP contribution in [0.2, 0.25) is 0 Å². The summed E-state index contributed by atoms with van der Waals surface area (Å²) in [6, 6.07) is 1.65. The molecule has 76 valence electrons. The zero-order valence-electron chi connectivity index (χ0n) is 9.11. The van der Waals surface area contributed by atoms with Crippen molar-refractivity contribution in [2.45, 2.75) is 39.5 Å². The van der Waals surface area contributed by atoms with Crippen LogP contribution in [0.1, 0.15) is 50.8 Å². The normalized spacial score (nSPS) is 9.86. The van der Waals surface area contributed by atoms with Crippen LogP contribution < -0.4 is 10.5 Å². The first-order valence-corrected chi connectivity index (χ1v) is 4.37. The fourth-order valence-corrected chi connectivity index (χ4v) is 1.35. The molecule has 0 spiro atoms. The van der Waals surface area contributed by atoms with Crippen LogP contribution in [0.5, 0.6) is 0 Å². The molecule has 0 amide bonds. The van der Waals surface area contributed by atoms with E-state index in [-0.39, 0.29) is 56.8 Å². The van der Waals surface area contributed by atoms with Crippen molar-refractivity contribution >= 4 is 0 Å². The molecule has 1 aromatic heterocycles. The van der Waals surface area contributed by atoms with Gasteiger partial charge in [0.15, 0.2) is 0 Å². The van der Waals surface area contributed by atoms with E-state index in [4.69, 9.17) is 0 Å². The summed E-state index contributed by atoms with van der Waals surface area (Å²) in [4.78, 5) is 15.0. The first-order chi connectivity index (χ1) is 5.52. The van der Waals surface area contributed by atoms with E-state index in [0.717, 1.165) is 11.3 Å². The van der Waals surface area contributed by atoms with Gasteiger partial charge < -0.3 is 15.5 Å². The molecule has 0 bridgehead atoms. The van der Waals surface area contributed by atoms with E-state index < -0.39 is 0 Å². The predicted octanol–water partition coefficient (Wildman–Crippen LogP) is 1.96. The molecule has 4 heteroatoms. The SMILES string of the molecule is CC(C)c1[cH-]c(=O)[n-]c1C(C)C.[V].[Y]. The van der Waals surface area contributed by atoms with Gasteiger partial charge in [-0.25, -0.2) is 5.56 Å². The molecule has 0 N–H and O–H groups in total. The standard InChI is InChI=1S/C10H16NO.V.Y/c1-6(2)8-5-9(12)11-10(8)7(3)4;;/h5-7H,1-4H3,(H,11,12);;/q-1;;/p-1. The molecule has 1 aromatic rings. The second-order valence-corrected chi connectivity index (χ2v) is 3.74. The molecule has 2 nitrogen and oxygen atoms in total. The largest absolute Gasteiger partial charge is 0.728 e. The molecule has 0 saturated carbocycles. The summed E-state index contributed by atoms with van der Waals surface area (Å²) in [7, 11) is 0. The second-order valence-electron chi connectivity index (χ2n) is 3.74. The third-order valence-corrected chi connectivity index (χ3v) is 1.97. The maximum absolute atomic E-state index is 11.0. The quantitative estimate of drug-likeness (QED) is 0.782. The predicted molar refractivity (Wildman–Crippen MR) is 49.8 cm³/mol. The molecule has 0 aliphatic rings. The Morgan fingerprint density at radius 2 is 1.64 bits per heavy atom. The Labute approximate surface area is 122 Å². The summed E-state index contributed by atoms with van der Waals surface area (Å²) in [5.41, 5.74) is 1.98. The molecule has 2 radical (unpaired) electrons. The van der Waals surface area contributed by atoms with E-state index in [1.54, 1.807) is 6.07 Å². The Morgan fingerprint density at radius 1 is 1.14 bits per heavy atom. The molecule has 0 aliphatic carbocycles. The van der Waals surface area contributed by atoms with E-state index in [9.17, 15) is 4.79 Å². The molecular formula is C10H15NOVY-2. The van der Waals surface area contributed by atoms with Gasteiger partial charge in [-0.15, -0.1) is 5.92 Å². The van der Waals surface area contributed by atoms with E-state index in [0.29, 0.717) is 11.8 Å². The van der Waals surface area contributed by atoms with E-state index in [1.807, 2.05) is 0 Å². The van der Waals surface area contributed by atoms with Crippen LogP contribution in [-0.2, 0) is 51.3 Å². The Bertz CT molecular complexity index is 286. The minimum absolute atomic E-state index is 0. The Morgan fingerprint density at radius 3 is 1.93 bits per heavy atom. The van der Waals surface area contributed by atoms with Crippen molar-refractivity contribution in [3.8, 4) is 0 Å². The number of rotatable bonds is 2. The summed E-state index contributed by atoms with van der Waals surface area (Å²) in [5, 5.41) is 0. The summed E-state index contributed by atoms with van der Waals surface area (Å²) in [5.74, 6) is 0.752. The maximum atomic E-state index is 11.0. The zero-order valence-corrected chi connectivity index (χ0v) is 13.3. The van der Waals surface area contributed by atoms with Crippen LogP contribution in [-0.4, -0.2) is 0 Å². The van der Waals surface area contributed by atoms with Crippen molar-refractivity contribution in [3.63, 3.8) is 0 Å². The van der Waals surface area contributed by atoms with Gasteiger partial charge in [-0.05, 0) is 5.56 Å². The monoisotopic (exact) mass is 305 g/mol. The molecule has 0 fully saturated rings. The molecule has 0 unspecified atom stereocenters. The average Bonchev–Trinajstić information content (AvgIpc) is 2.31. The van der Waals surface area contributed by atoms with Gasteiger partial charge in [-0.3, -0.25) is 0 Å². The Kier molecular flexibility index (Phi) is 8.72. The van der Waals surface area contributed by atoms with Crippen molar-refractivity contribution < 1.29 is 51.3 Å². The summed E-state index contributed by atoms with van der Waals surface area (Å²) in [6.45, 7) is 8.30. The van der Waals surface area contributed by atoms with Crippen LogP contribution in [0.4, 0.5) is 0 Å². The van der Waals surface area contributed by atoms with Crippen molar-refractivity contribution in [3.05, 3.63) is 27.7 Å². The van der Waals surface area contributed by atoms with Crippen molar-refractivity contribution in [2.24, 2.45) is 0 Å². The molecule has 1 heterocycles. The third kappa shape index (κ3) is 4.10. The topological polar surface area (TPSA) is 31.2 Å². The fourth-order valence-electron chi connectivity index (χ4n) is 1.35. The molecule has 14 heavy (non-hydrogen) atoms. The van der Waals surface area contributed by atoms with Gasteiger partial charge in [0, 0.05) is 51.3 Å². The van der Waals surface area contributed by atoms with Gasteiger partial charge in [0.2, 0.25) is 0 Å². The number of hydrogen-bond donors (Lipinski definition) is 0. The van der Waals surface area contributed by atoms with Gasteiger partial charge in [0.1, 0.15) is 0 Å². The van der Waals surface area contributed by atoms with Crippen LogP contribution in [0, 0.1) is 0 Å². The smallest absolute Gasteiger partial charge is 0 e. The van der Waals surface area contributed by atoms with Crippen molar-refractivity contribution in [2.75, 3.05) is 0 Å². The molecule has 1 rings (SSSR count). The van der Waals surface area contributed by atoms with Crippen molar-refractivity contribution in [1.29, 1.82) is 0 Å². The van der Waals surface area contributed by atoms with Crippen LogP contribution in [0.3, 0.4) is 0 Å². The van der Waals surface area contributed by atoms with Crippen LogP contribution in [0.25, 0.3) is 0 Å². The maximum Gasteiger partial charge on any atom is 0 e. The van der Waals surface area contributed by atoms with Gasteiger partial charge in [0.25, 0.3) is 0 Å². The minimum Gasteiger partial charge on any atom is -0.728 e. The zero-order chi connectivity index (χ0) is 9.30. The summed E-state index contributed by atoms with van der Waals surface area (Å²) >= 11 is 0. The first kappa shape index (κ1) is 17.2. The van der Waals surface area contributed by atoms with Gasteiger partial charge in [-0.2, -0.15) is 6.07 Å². The van der Waals surface area contributed by atoms with Gasteiger partial charge in [0.05, 0.1) is 0 Å². The fraction of sp³-hybridized carbons (Fsp3) is 0.600. The van der Waals surface area contributed by atoms with Crippen molar-refractivity contribution in [1.82, 2.24) is 4.98 Å². The third-order valence-electron chi connectivity index (χ3n) is 1.97. The van der Waals surface area contributed by atoms with Gasteiger partial charge >= 0.3 is 0 Å².